The summed E-state index contributed by atoms with van der Waals surface area (Å²) >= 11 is 0. The second-order valence-corrected chi connectivity index (χ2v) is 15.2. The first-order chi connectivity index (χ1) is 27.9. The van der Waals surface area contributed by atoms with Crippen LogP contribution in [0.25, 0.3) is 11.0 Å². The summed E-state index contributed by atoms with van der Waals surface area (Å²) in [5.74, 6) is -1.96. The Morgan fingerprint density at radius 3 is 2.10 bits per heavy atom. The average Bonchev–Trinajstić information content (AvgIpc) is 3.95. The summed E-state index contributed by atoms with van der Waals surface area (Å²) in [6.07, 6.45) is 4.14. The van der Waals surface area contributed by atoms with Crippen molar-refractivity contribution in [2.75, 3.05) is 11.5 Å². The molecule has 0 amide bonds. The minimum atomic E-state index is -1.66. The zero-order valence-electron chi connectivity index (χ0n) is 34.3. The first-order valence-electron chi connectivity index (χ1n) is 20.2. The molecule has 1 aliphatic rings. The first-order valence-corrected chi connectivity index (χ1v) is 20.2. The lowest BCUT2D eigenvalue weighted by atomic mass is 9.79. The Kier molecular flexibility index (Phi) is 13.0. The third kappa shape index (κ3) is 8.10. The van der Waals surface area contributed by atoms with Gasteiger partial charge >= 0.3 is 0 Å². The van der Waals surface area contributed by atoms with Gasteiger partial charge in [0.15, 0.2) is 5.82 Å². The van der Waals surface area contributed by atoms with Crippen molar-refractivity contribution in [3.8, 4) is 0 Å². The molecule has 5 heterocycles. The van der Waals surface area contributed by atoms with Crippen LogP contribution in [0.2, 0.25) is 0 Å². The van der Waals surface area contributed by atoms with E-state index in [2.05, 4.69) is 36.0 Å². The van der Waals surface area contributed by atoms with Crippen LogP contribution >= 0.6 is 0 Å². The molecule has 0 saturated carbocycles. The largest absolute Gasteiger partial charge is 0.397 e. The molecule has 0 radical (unpaired) electrons. The summed E-state index contributed by atoms with van der Waals surface area (Å²) in [6.45, 7) is 12.6. The van der Waals surface area contributed by atoms with Gasteiger partial charge in [0.25, 0.3) is 0 Å². The van der Waals surface area contributed by atoms with Gasteiger partial charge in [-0.1, -0.05) is 102 Å². The second-order valence-electron chi connectivity index (χ2n) is 15.2. The summed E-state index contributed by atoms with van der Waals surface area (Å²) in [4.78, 5) is 17.6. The van der Waals surface area contributed by atoms with Crippen LogP contribution in [0, 0.1) is 11.8 Å². The normalized spacial score (nSPS) is 20.1. The number of rotatable bonds is 15. The fourth-order valence-corrected chi connectivity index (χ4v) is 8.31. The number of nitrogens with zero attached hydrogens (tertiary/aromatic N) is 5. The molecule has 0 bridgehead atoms. The van der Waals surface area contributed by atoms with Gasteiger partial charge in [0, 0.05) is 18.0 Å². The molecule has 1 unspecified atom stereocenters. The van der Waals surface area contributed by atoms with Gasteiger partial charge in [-0.3, -0.25) is 4.79 Å². The van der Waals surface area contributed by atoms with Crippen LogP contribution < -0.4 is 11.5 Å². The zero-order chi connectivity index (χ0) is 41.7. The topological polar surface area (TPSA) is 185 Å². The number of aliphatic hydroxyl groups is 2. The molecule has 1 fully saturated rings. The molecule has 13 heteroatoms. The number of ketones is 1. The minimum absolute atomic E-state index is 0.0315. The number of Topliss-reactive ketones (excluding diaryl/α,β-unsaturated/α-hetero) is 1. The highest BCUT2D eigenvalue weighted by molar-refractivity contribution is 6.00. The van der Waals surface area contributed by atoms with Gasteiger partial charge in [0.05, 0.1) is 35.6 Å². The Hall–Kier alpha value is -5.18. The Morgan fingerprint density at radius 1 is 0.862 bits per heavy atom. The van der Waals surface area contributed by atoms with Crippen LogP contribution in [0.1, 0.15) is 94.5 Å². The fourth-order valence-electron chi connectivity index (χ4n) is 8.31. The highest BCUT2D eigenvalue weighted by Gasteiger charge is 2.61. The number of nitrogen functional groups attached to an aromatic ring is 2. The summed E-state index contributed by atoms with van der Waals surface area (Å²) in [7, 11) is 0. The molecule has 1 aliphatic heterocycles. The molecule has 5 atom stereocenters. The smallest absolute Gasteiger partial charge is 0.238 e. The number of carbonyl (C=O) groups is 1. The lowest BCUT2D eigenvalue weighted by Gasteiger charge is -2.36. The Balaban J connectivity index is 0.000000196. The lowest BCUT2D eigenvalue weighted by molar-refractivity contribution is -0.270. The van der Waals surface area contributed by atoms with Crippen molar-refractivity contribution in [2.45, 2.75) is 110 Å². The minimum Gasteiger partial charge on any atom is -0.397 e. The number of carbonyl (C=O) groups excluding carboxylic acids is 1. The highest BCUT2D eigenvalue weighted by Crippen LogP contribution is 2.51. The first kappa shape index (κ1) is 42.4. The van der Waals surface area contributed by atoms with Crippen molar-refractivity contribution < 1.29 is 29.2 Å². The number of hydrogen-bond acceptors (Lipinski definition) is 11. The fraction of sp³-hybridized carbons (Fsp3) is 0.422. The maximum absolute atomic E-state index is 13.5. The number of hydrogen-bond donors (Lipinski definition) is 4. The van der Waals surface area contributed by atoms with E-state index < -0.39 is 35.1 Å². The van der Waals surface area contributed by atoms with Crippen molar-refractivity contribution in [1.29, 1.82) is 0 Å². The molecule has 4 aromatic heterocycles. The van der Waals surface area contributed by atoms with Gasteiger partial charge < -0.3 is 35.9 Å². The van der Waals surface area contributed by atoms with E-state index in [4.69, 9.17) is 25.7 Å². The molecule has 1 saturated heterocycles. The van der Waals surface area contributed by atoms with E-state index in [0.717, 1.165) is 24.0 Å². The van der Waals surface area contributed by atoms with Crippen LogP contribution in [0.5, 0.6) is 0 Å². The molecule has 0 aliphatic carbocycles. The van der Waals surface area contributed by atoms with Crippen LogP contribution in [-0.2, 0) is 33.2 Å². The second kappa shape index (κ2) is 17.8. The lowest BCUT2D eigenvalue weighted by Crippen LogP contribution is -2.46. The number of nitrogens with two attached hydrogens (primary N) is 2. The Morgan fingerprint density at radius 2 is 1.48 bits per heavy atom. The maximum Gasteiger partial charge on any atom is 0.238 e. The van der Waals surface area contributed by atoms with Crippen LogP contribution in [0.3, 0.4) is 0 Å². The quantitative estimate of drug-likeness (QED) is 0.0776. The summed E-state index contributed by atoms with van der Waals surface area (Å²) < 4.78 is 22.0. The molecular weight excluding hydrogens is 735 g/mol. The average molecular weight is 792 g/mol. The summed E-state index contributed by atoms with van der Waals surface area (Å²) in [5.41, 5.74) is 15.2. The molecule has 7 rings (SSSR count). The number of fused-ring (bicyclic) bond motifs is 2. The third-order valence-corrected chi connectivity index (χ3v) is 12.2. The van der Waals surface area contributed by atoms with E-state index in [0.29, 0.717) is 53.4 Å². The third-order valence-electron chi connectivity index (χ3n) is 12.2. The van der Waals surface area contributed by atoms with E-state index in [1.807, 2.05) is 81.4 Å². The predicted octanol–water partition coefficient (Wildman–Crippen LogP) is 7.14. The number of ether oxygens (including phenoxy) is 3. The molecule has 6 N–H and O–H groups in total. The molecule has 308 valence electrons. The molecule has 6 aromatic rings. The van der Waals surface area contributed by atoms with Crippen LogP contribution in [0.4, 0.5) is 11.5 Å². The Labute approximate surface area is 340 Å². The van der Waals surface area contributed by atoms with Crippen molar-refractivity contribution >= 4 is 28.3 Å². The van der Waals surface area contributed by atoms with Gasteiger partial charge in [-0.2, -0.15) is 10.2 Å². The zero-order valence-corrected chi connectivity index (χ0v) is 34.3. The van der Waals surface area contributed by atoms with E-state index >= 15 is 0 Å². The van der Waals surface area contributed by atoms with Crippen LogP contribution in [-0.4, -0.2) is 63.6 Å². The monoisotopic (exact) mass is 791 g/mol. The van der Waals surface area contributed by atoms with Gasteiger partial charge in [0.2, 0.25) is 11.6 Å². The molecule has 58 heavy (non-hydrogen) atoms. The van der Waals surface area contributed by atoms with Crippen molar-refractivity contribution in [3.05, 3.63) is 126 Å². The summed E-state index contributed by atoms with van der Waals surface area (Å²) in [5, 5.41) is 31.6. The van der Waals surface area contributed by atoms with Gasteiger partial charge in [-0.05, 0) is 67.1 Å². The van der Waals surface area contributed by atoms with Crippen molar-refractivity contribution in [1.82, 2.24) is 24.2 Å². The maximum atomic E-state index is 13.5. The van der Waals surface area contributed by atoms with Gasteiger partial charge in [0.1, 0.15) is 35.4 Å². The van der Waals surface area contributed by atoms with Crippen molar-refractivity contribution in [3.63, 3.8) is 0 Å². The Bertz CT molecular complexity index is 2270. The van der Waals surface area contributed by atoms with Gasteiger partial charge in [-0.15, -0.1) is 0 Å². The SMILES string of the molecule is CCC(O)(CC)[C@@H](C)[C@@H](OCc1ccccc1)C(=O)c1ccc2c(N)ccnn12.CCC1(CC)OC(O)(c2ccc3c(N)ncnn23)[C@H](OCc2ccccc2)[C@@H]1C. The molecule has 13 nitrogen and oxygen atoms in total. The van der Waals surface area contributed by atoms with E-state index in [9.17, 15) is 15.0 Å². The van der Waals surface area contributed by atoms with Gasteiger partial charge in [-0.25, -0.2) is 14.0 Å². The standard InChI is InChI=1S/C23H29N3O3.C22H28N4O3/c1-4-23(28,5-2)16(3)22(29-15-17-9-7-6-8-10-17)21(27)20-12-11-19-18(24)13-14-25-26(19)20;1-4-21(5-2)15(3)19(28-13-16-9-7-6-8-10-16)22(27,29-21)18-12-11-17-20(23)24-14-25-26(17)18/h6-14,16,22,28H,4-5,15,24H2,1-3H3;6-12,14-15,19,27H,4-5,13H2,1-3H3,(H2,23,24,25)/t16-,22+;15-,19+,22?/m00/s1. The highest BCUT2D eigenvalue weighted by atomic mass is 16.7. The number of benzene rings is 2. The van der Waals surface area contributed by atoms with E-state index in [-0.39, 0.29) is 18.3 Å². The number of anilines is 2. The van der Waals surface area contributed by atoms with E-state index in [1.165, 1.54) is 6.33 Å². The molecular formula is C45H57N7O6. The number of aromatic nitrogens is 5. The van der Waals surface area contributed by atoms with E-state index in [1.54, 1.807) is 45.6 Å². The predicted molar refractivity (Wildman–Crippen MR) is 224 cm³/mol. The molecule has 0 spiro atoms. The summed E-state index contributed by atoms with van der Waals surface area (Å²) in [6, 6.07) is 28.4. The van der Waals surface area contributed by atoms with Crippen molar-refractivity contribution in [2.24, 2.45) is 11.8 Å². The van der Waals surface area contributed by atoms with Crippen LogP contribution in [0.15, 0.2) is 104 Å². The molecule has 2 aromatic carbocycles.